The Labute approximate surface area is 81.2 Å². The van der Waals surface area contributed by atoms with E-state index >= 15 is 0 Å². The first-order valence-electron chi connectivity index (χ1n) is 4.04. The zero-order valence-electron chi connectivity index (χ0n) is 7.70. The molecular formula is C8H13N3OS. The number of carbonyl (C=O) groups is 1. The molecule has 0 aliphatic heterocycles. The van der Waals surface area contributed by atoms with Crippen molar-refractivity contribution in [2.24, 2.45) is 5.73 Å². The molecule has 13 heavy (non-hydrogen) atoms. The zero-order valence-corrected chi connectivity index (χ0v) is 8.52. The molecule has 1 unspecified atom stereocenters. The van der Waals surface area contributed by atoms with Gasteiger partial charge in [-0.1, -0.05) is 0 Å². The summed E-state index contributed by atoms with van der Waals surface area (Å²) in [6, 6.07) is -0.459. The topological polar surface area (TPSA) is 68.0 Å². The van der Waals surface area contributed by atoms with Gasteiger partial charge in [-0.2, -0.15) is 0 Å². The molecule has 1 aromatic heterocycles. The molecule has 0 saturated heterocycles. The lowest BCUT2D eigenvalue weighted by Crippen LogP contribution is -2.37. The van der Waals surface area contributed by atoms with Gasteiger partial charge in [0.25, 0.3) is 0 Å². The number of aromatic nitrogens is 1. The van der Waals surface area contributed by atoms with Crippen LogP contribution in [0.2, 0.25) is 0 Å². The minimum Gasteiger partial charge on any atom is -0.349 e. The van der Waals surface area contributed by atoms with E-state index in [2.05, 4.69) is 10.3 Å². The zero-order chi connectivity index (χ0) is 9.84. The molecule has 0 aliphatic carbocycles. The van der Waals surface area contributed by atoms with Crippen LogP contribution in [0.5, 0.6) is 0 Å². The quantitative estimate of drug-likeness (QED) is 0.741. The van der Waals surface area contributed by atoms with Crippen molar-refractivity contribution in [2.45, 2.75) is 26.4 Å². The van der Waals surface area contributed by atoms with Crippen LogP contribution in [0.1, 0.15) is 17.6 Å². The second-order valence-corrected chi connectivity index (χ2v) is 3.93. The molecule has 1 heterocycles. The Hall–Kier alpha value is -0.940. The number of hydrogen-bond acceptors (Lipinski definition) is 4. The molecule has 0 bridgehead atoms. The lowest BCUT2D eigenvalue weighted by Gasteiger charge is -2.05. The van der Waals surface area contributed by atoms with Crippen LogP contribution in [-0.2, 0) is 11.3 Å². The van der Waals surface area contributed by atoms with Crippen LogP contribution in [0.15, 0.2) is 5.38 Å². The summed E-state index contributed by atoms with van der Waals surface area (Å²) in [4.78, 5) is 15.3. The van der Waals surface area contributed by atoms with Gasteiger partial charge in [0.1, 0.15) is 0 Å². The van der Waals surface area contributed by atoms with Gasteiger partial charge < -0.3 is 11.1 Å². The predicted molar refractivity (Wildman–Crippen MR) is 52.3 cm³/mol. The van der Waals surface area contributed by atoms with E-state index in [4.69, 9.17) is 5.73 Å². The summed E-state index contributed by atoms with van der Waals surface area (Å²) in [5, 5.41) is 5.62. The fourth-order valence-electron chi connectivity index (χ4n) is 0.828. The number of hydrogen-bond donors (Lipinski definition) is 2. The highest BCUT2D eigenvalue weighted by Crippen LogP contribution is 2.06. The lowest BCUT2D eigenvalue weighted by molar-refractivity contribution is -0.122. The van der Waals surface area contributed by atoms with E-state index in [1.807, 2.05) is 12.3 Å². The van der Waals surface area contributed by atoms with E-state index in [9.17, 15) is 4.79 Å². The Kier molecular flexibility index (Phi) is 3.39. The minimum atomic E-state index is -0.459. The summed E-state index contributed by atoms with van der Waals surface area (Å²) >= 11 is 1.57. The highest BCUT2D eigenvalue weighted by molar-refractivity contribution is 7.09. The molecule has 0 aromatic carbocycles. The molecule has 1 atom stereocenters. The summed E-state index contributed by atoms with van der Waals surface area (Å²) in [5.74, 6) is -0.148. The van der Waals surface area contributed by atoms with Gasteiger partial charge in [0.15, 0.2) is 0 Å². The monoisotopic (exact) mass is 199 g/mol. The Morgan fingerprint density at radius 1 is 1.85 bits per heavy atom. The number of rotatable bonds is 3. The molecule has 0 fully saturated rings. The fraction of sp³-hybridized carbons (Fsp3) is 0.500. The van der Waals surface area contributed by atoms with E-state index in [1.54, 1.807) is 18.3 Å². The van der Waals surface area contributed by atoms with Crippen LogP contribution in [0, 0.1) is 6.92 Å². The number of nitrogens with two attached hydrogens (primary N) is 1. The summed E-state index contributed by atoms with van der Waals surface area (Å²) in [5.41, 5.74) is 6.26. The molecule has 1 amide bonds. The maximum Gasteiger partial charge on any atom is 0.236 e. The average Bonchev–Trinajstić information content (AvgIpc) is 2.47. The van der Waals surface area contributed by atoms with Crippen LogP contribution >= 0.6 is 11.3 Å². The second-order valence-electron chi connectivity index (χ2n) is 2.86. The van der Waals surface area contributed by atoms with Crippen LogP contribution in [0.4, 0.5) is 0 Å². The molecule has 4 nitrogen and oxygen atoms in total. The molecule has 1 aromatic rings. The molecule has 0 radical (unpaired) electrons. The van der Waals surface area contributed by atoms with Crippen molar-refractivity contribution >= 4 is 17.2 Å². The molecule has 72 valence electrons. The molecule has 0 aliphatic rings. The van der Waals surface area contributed by atoms with Gasteiger partial charge in [0, 0.05) is 5.38 Å². The molecule has 1 rings (SSSR count). The SMILES string of the molecule is Cc1nc(CNC(=O)C(C)N)cs1. The van der Waals surface area contributed by atoms with Crippen molar-refractivity contribution < 1.29 is 4.79 Å². The molecular weight excluding hydrogens is 186 g/mol. The first kappa shape index (κ1) is 10.1. The van der Waals surface area contributed by atoms with Crippen LogP contribution in [0.3, 0.4) is 0 Å². The highest BCUT2D eigenvalue weighted by Gasteiger charge is 2.06. The molecule has 5 heteroatoms. The number of amides is 1. The largest absolute Gasteiger partial charge is 0.349 e. The van der Waals surface area contributed by atoms with E-state index < -0.39 is 6.04 Å². The number of nitrogens with zero attached hydrogens (tertiary/aromatic N) is 1. The van der Waals surface area contributed by atoms with Gasteiger partial charge in [0.05, 0.1) is 23.3 Å². The Morgan fingerprint density at radius 3 is 3.00 bits per heavy atom. The standard InChI is InChI=1S/C8H13N3OS/c1-5(9)8(12)10-3-7-4-13-6(2)11-7/h4-5H,3,9H2,1-2H3,(H,10,12). The number of nitrogens with one attached hydrogen (secondary N) is 1. The number of thiazole rings is 1. The average molecular weight is 199 g/mol. The summed E-state index contributed by atoms with van der Waals surface area (Å²) in [6.07, 6.45) is 0. The van der Waals surface area contributed by atoms with Crippen molar-refractivity contribution in [1.82, 2.24) is 10.3 Å². The van der Waals surface area contributed by atoms with Gasteiger partial charge >= 0.3 is 0 Å². The predicted octanol–water partition coefficient (Wildman–Crippen LogP) is 0.415. The van der Waals surface area contributed by atoms with Gasteiger partial charge in [-0.25, -0.2) is 4.98 Å². The van der Waals surface area contributed by atoms with Crippen molar-refractivity contribution in [1.29, 1.82) is 0 Å². The third kappa shape index (κ3) is 3.12. The molecule has 3 N–H and O–H groups in total. The maximum absolute atomic E-state index is 11.1. The van der Waals surface area contributed by atoms with Crippen molar-refractivity contribution in [3.8, 4) is 0 Å². The third-order valence-electron chi connectivity index (χ3n) is 1.52. The number of aryl methyl sites for hydroxylation is 1. The van der Waals surface area contributed by atoms with Crippen molar-refractivity contribution in [3.63, 3.8) is 0 Å². The minimum absolute atomic E-state index is 0.148. The summed E-state index contributed by atoms with van der Waals surface area (Å²) in [7, 11) is 0. The number of carbonyl (C=O) groups excluding carboxylic acids is 1. The van der Waals surface area contributed by atoms with E-state index in [0.29, 0.717) is 6.54 Å². The first-order chi connectivity index (χ1) is 6.09. The van der Waals surface area contributed by atoms with E-state index in [0.717, 1.165) is 10.7 Å². The lowest BCUT2D eigenvalue weighted by atomic mass is 10.3. The van der Waals surface area contributed by atoms with Gasteiger partial charge in [-0.15, -0.1) is 11.3 Å². The van der Waals surface area contributed by atoms with Crippen LogP contribution in [-0.4, -0.2) is 16.9 Å². The van der Waals surface area contributed by atoms with Crippen molar-refractivity contribution in [2.75, 3.05) is 0 Å². The van der Waals surface area contributed by atoms with Crippen molar-refractivity contribution in [3.05, 3.63) is 16.1 Å². The Balaban J connectivity index is 2.39. The Bertz CT molecular complexity index is 295. The molecule has 0 saturated carbocycles. The van der Waals surface area contributed by atoms with Gasteiger partial charge in [-0.3, -0.25) is 4.79 Å². The highest BCUT2D eigenvalue weighted by atomic mass is 32.1. The Morgan fingerprint density at radius 2 is 2.54 bits per heavy atom. The van der Waals surface area contributed by atoms with E-state index in [1.165, 1.54) is 0 Å². The smallest absolute Gasteiger partial charge is 0.236 e. The maximum atomic E-state index is 11.1. The van der Waals surface area contributed by atoms with Crippen LogP contribution in [0.25, 0.3) is 0 Å². The fourth-order valence-corrected chi connectivity index (χ4v) is 1.44. The third-order valence-corrected chi connectivity index (χ3v) is 2.35. The van der Waals surface area contributed by atoms with Gasteiger partial charge in [-0.05, 0) is 13.8 Å². The van der Waals surface area contributed by atoms with Gasteiger partial charge in [0.2, 0.25) is 5.91 Å². The van der Waals surface area contributed by atoms with Crippen LogP contribution < -0.4 is 11.1 Å². The summed E-state index contributed by atoms with van der Waals surface area (Å²) < 4.78 is 0. The second kappa shape index (κ2) is 4.34. The summed E-state index contributed by atoms with van der Waals surface area (Å²) in [6.45, 7) is 4.05. The van der Waals surface area contributed by atoms with E-state index in [-0.39, 0.29) is 5.91 Å². The first-order valence-corrected chi connectivity index (χ1v) is 4.92. The molecule has 0 spiro atoms. The normalized spacial score (nSPS) is 12.5.